The number of carbonyl (C=O) groups is 1. The van der Waals surface area contributed by atoms with Crippen LogP contribution in [0.2, 0.25) is 0 Å². The molecule has 34 heavy (non-hydrogen) atoms. The van der Waals surface area contributed by atoms with Crippen LogP contribution in [0.25, 0.3) is 5.65 Å². The molecule has 0 unspecified atom stereocenters. The number of amides is 1. The van der Waals surface area contributed by atoms with Crippen LogP contribution < -0.4 is 10.8 Å². The zero-order chi connectivity index (χ0) is 23.3. The minimum Gasteiger partial charge on any atom is -0.445 e. The number of hydrogen-bond donors (Lipinski definition) is 1. The first-order valence-corrected chi connectivity index (χ1v) is 11.6. The number of aromatic nitrogens is 4. The van der Waals surface area contributed by atoms with Crippen LogP contribution in [-0.4, -0.2) is 51.5 Å². The van der Waals surface area contributed by atoms with Crippen LogP contribution in [0.3, 0.4) is 0 Å². The predicted octanol–water partition coefficient (Wildman–Crippen LogP) is 2.51. The van der Waals surface area contributed by atoms with Gasteiger partial charge in [0, 0.05) is 55.9 Å². The number of hydrogen-bond acceptors (Lipinski definition) is 6. The van der Waals surface area contributed by atoms with Crippen molar-refractivity contribution >= 4 is 30.9 Å². The van der Waals surface area contributed by atoms with Crippen molar-refractivity contribution in [3.8, 4) is 0 Å². The van der Waals surface area contributed by atoms with Gasteiger partial charge in [-0.3, -0.25) is 4.98 Å². The summed E-state index contributed by atoms with van der Waals surface area (Å²) >= 11 is 0. The molecule has 8 nitrogen and oxygen atoms in total. The Morgan fingerprint density at radius 2 is 1.88 bits per heavy atom. The molecule has 0 spiro atoms. The van der Waals surface area contributed by atoms with Crippen molar-refractivity contribution in [2.45, 2.75) is 31.9 Å². The van der Waals surface area contributed by atoms with Crippen LogP contribution in [0.15, 0.2) is 67.1 Å². The number of ether oxygens (including phenoxy) is 1. The van der Waals surface area contributed by atoms with E-state index in [-0.39, 0.29) is 12.0 Å². The molecule has 0 aliphatic carbocycles. The number of pyridine rings is 1. The molecule has 0 saturated carbocycles. The molecule has 1 aromatic carbocycles. The number of piperidine rings is 1. The van der Waals surface area contributed by atoms with Gasteiger partial charge in [0.1, 0.15) is 20.3 Å². The summed E-state index contributed by atoms with van der Waals surface area (Å²) in [6, 6.07) is 15.8. The Kier molecular flexibility index (Phi) is 6.42. The molecule has 4 heterocycles. The van der Waals surface area contributed by atoms with Crippen LogP contribution in [-0.2, 0) is 17.9 Å². The Hall–Kier alpha value is -3.88. The summed E-state index contributed by atoms with van der Waals surface area (Å²) in [4.78, 5) is 23.5. The van der Waals surface area contributed by atoms with Gasteiger partial charge in [-0.2, -0.15) is 9.61 Å². The molecular weight excluding hydrogens is 427 g/mol. The van der Waals surface area contributed by atoms with E-state index in [1.165, 1.54) is 0 Å². The van der Waals surface area contributed by atoms with E-state index in [1.807, 2.05) is 67.2 Å². The third kappa shape index (κ3) is 4.88. The van der Waals surface area contributed by atoms with Crippen LogP contribution in [0.4, 0.5) is 10.6 Å². The number of carbonyl (C=O) groups excluding carboxylic acids is 1. The number of rotatable bonds is 6. The minimum absolute atomic E-state index is 0.254. The highest BCUT2D eigenvalue weighted by molar-refractivity contribution is 6.36. The quantitative estimate of drug-likeness (QED) is 0.451. The number of benzene rings is 1. The summed E-state index contributed by atoms with van der Waals surface area (Å²) in [5.74, 6) is 1.18. The second-order valence-corrected chi connectivity index (χ2v) is 8.65. The van der Waals surface area contributed by atoms with Crippen molar-refractivity contribution in [3.05, 3.63) is 83.9 Å². The van der Waals surface area contributed by atoms with Gasteiger partial charge >= 0.3 is 6.09 Å². The largest absolute Gasteiger partial charge is 0.445 e. The molecular formula is C25H27BN6O2. The van der Waals surface area contributed by atoms with Crippen molar-refractivity contribution in [2.24, 2.45) is 0 Å². The average molecular weight is 454 g/mol. The highest BCUT2D eigenvalue weighted by Crippen LogP contribution is 2.29. The molecule has 0 radical (unpaired) electrons. The van der Waals surface area contributed by atoms with E-state index in [4.69, 9.17) is 9.72 Å². The summed E-state index contributed by atoms with van der Waals surface area (Å²) in [5, 5.41) is 8.00. The maximum atomic E-state index is 12.5. The third-order valence-corrected chi connectivity index (χ3v) is 6.24. The lowest BCUT2D eigenvalue weighted by molar-refractivity contribution is 0.0868. The summed E-state index contributed by atoms with van der Waals surface area (Å²) in [7, 11) is 2.02. The van der Waals surface area contributed by atoms with E-state index in [1.54, 1.807) is 11.1 Å². The Labute approximate surface area is 199 Å². The van der Waals surface area contributed by atoms with Crippen LogP contribution in [0.1, 0.15) is 35.6 Å². The fraction of sp³-hybridized carbons (Fsp3) is 0.280. The summed E-state index contributed by atoms with van der Waals surface area (Å²) in [6.07, 6.45) is 6.90. The highest BCUT2D eigenvalue weighted by Gasteiger charge is 2.26. The van der Waals surface area contributed by atoms with E-state index >= 15 is 0 Å². The fourth-order valence-corrected chi connectivity index (χ4v) is 4.29. The van der Waals surface area contributed by atoms with Gasteiger partial charge in [-0.15, -0.1) is 0 Å². The molecule has 1 saturated heterocycles. The van der Waals surface area contributed by atoms with Crippen LogP contribution in [0.5, 0.6) is 0 Å². The number of likely N-dealkylation sites (tertiary alicyclic amines) is 1. The Balaban J connectivity index is 1.25. The van der Waals surface area contributed by atoms with E-state index in [0.717, 1.165) is 46.6 Å². The lowest BCUT2D eigenvalue weighted by Gasteiger charge is -2.31. The molecule has 172 valence electrons. The number of nitrogens with one attached hydrogen (secondary N) is 1. The second kappa shape index (κ2) is 9.95. The third-order valence-electron chi connectivity index (χ3n) is 6.24. The van der Waals surface area contributed by atoms with Gasteiger partial charge in [-0.25, -0.2) is 9.78 Å². The summed E-state index contributed by atoms with van der Waals surface area (Å²) in [6.45, 7) is 2.25. The van der Waals surface area contributed by atoms with Crippen molar-refractivity contribution < 1.29 is 9.53 Å². The smallest absolute Gasteiger partial charge is 0.410 e. The second-order valence-electron chi connectivity index (χ2n) is 8.65. The van der Waals surface area contributed by atoms with E-state index in [2.05, 4.69) is 21.5 Å². The molecule has 1 amide bonds. The molecule has 3 aromatic heterocycles. The predicted molar refractivity (Wildman–Crippen MR) is 133 cm³/mol. The number of anilines is 1. The monoisotopic (exact) mass is 454 g/mol. The topological polar surface area (TPSA) is 84.7 Å². The lowest BCUT2D eigenvalue weighted by Crippen LogP contribution is -2.38. The van der Waals surface area contributed by atoms with Gasteiger partial charge < -0.3 is 15.0 Å². The van der Waals surface area contributed by atoms with Gasteiger partial charge in [0.2, 0.25) is 0 Å². The normalized spacial score (nSPS) is 14.3. The molecule has 0 atom stereocenters. The van der Waals surface area contributed by atoms with Crippen molar-refractivity contribution in [1.29, 1.82) is 0 Å². The molecule has 9 heteroatoms. The highest BCUT2D eigenvalue weighted by atomic mass is 16.6. The minimum atomic E-state index is -0.254. The van der Waals surface area contributed by atoms with E-state index < -0.39 is 0 Å². The zero-order valence-corrected chi connectivity index (χ0v) is 19.2. The first-order valence-electron chi connectivity index (χ1n) is 11.6. The summed E-state index contributed by atoms with van der Waals surface area (Å²) in [5.41, 5.74) is 5.01. The first-order chi connectivity index (χ1) is 16.7. The van der Waals surface area contributed by atoms with Gasteiger partial charge in [0.05, 0.1) is 0 Å². The fourth-order valence-electron chi connectivity index (χ4n) is 4.29. The van der Waals surface area contributed by atoms with Crippen LogP contribution >= 0.6 is 0 Å². The van der Waals surface area contributed by atoms with Gasteiger partial charge in [-0.05, 0) is 35.5 Å². The molecule has 1 aliphatic heterocycles. The van der Waals surface area contributed by atoms with E-state index in [9.17, 15) is 4.79 Å². The number of fused-ring (bicyclic) bond motifs is 1. The van der Waals surface area contributed by atoms with Crippen LogP contribution in [0, 0.1) is 0 Å². The van der Waals surface area contributed by atoms with Crippen molar-refractivity contribution in [3.63, 3.8) is 0 Å². The zero-order valence-electron chi connectivity index (χ0n) is 19.2. The Morgan fingerprint density at radius 3 is 2.65 bits per heavy atom. The molecule has 0 bridgehead atoms. The van der Waals surface area contributed by atoms with Gasteiger partial charge in [0.25, 0.3) is 0 Å². The molecule has 1 N–H and O–H groups in total. The molecule has 1 fully saturated rings. The summed E-state index contributed by atoms with van der Waals surface area (Å²) < 4.78 is 7.36. The van der Waals surface area contributed by atoms with Crippen molar-refractivity contribution in [1.82, 2.24) is 24.5 Å². The SMILES string of the molecule is Bc1cnn2c(NCc3cccnc3)cc(C3CCN(C(=O)OCc4ccccc4)CC3)nc12. The average Bonchev–Trinajstić information content (AvgIpc) is 3.28. The van der Waals surface area contributed by atoms with Crippen molar-refractivity contribution in [2.75, 3.05) is 18.4 Å². The lowest BCUT2D eigenvalue weighted by atomic mass is 9.93. The van der Waals surface area contributed by atoms with Gasteiger partial charge in [-0.1, -0.05) is 36.4 Å². The molecule has 4 aromatic rings. The maximum Gasteiger partial charge on any atom is 0.410 e. The number of nitrogens with zero attached hydrogens (tertiary/aromatic N) is 5. The Morgan fingerprint density at radius 1 is 1.09 bits per heavy atom. The molecule has 5 rings (SSSR count). The van der Waals surface area contributed by atoms with Gasteiger partial charge in [0.15, 0.2) is 5.65 Å². The first kappa shape index (κ1) is 21.9. The van der Waals surface area contributed by atoms with E-state index in [0.29, 0.717) is 26.2 Å². The maximum absolute atomic E-state index is 12.5. The standard InChI is InChI=1S/C25H27BN6O2/c26-21-16-29-32-23(28-15-19-7-4-10-27-14-19)13-22(30-24(21)32)20-8-11-31(12-9-20)25(33)34-17-18-5-2-1-3-6-18/h1-7,10,13-14,16,20,28H,8-9,11-12,15,17,26H2. The molecule has 1 aliphatic rings. The Bertz CT molecular complexity index is 1260.